The average Bonchev–Trinajstić information content (AvgIpc) is 2.84. The Morgan fingerprint density at radius 2 is 1.83 bits per heavy atom. The monoisotopic (exact) mass is 393 g/mol. The summed E-state index contributed by atoms with van der Waals surface area (Å²) in [5, 5.41) is 5.93. The number of para-hydroxylation sites is 2. The first kappa shape index (κ1) is 20.1. The fraction of sp³-hybridized carbons (Fsp3) is 0.227. The number of esters is 1. The zero-order valence-electron chi connectivity index (χ0n) is 16.4. The summed E-state index contributed by atoms with van der Waals surface area (Å²) in [6.45, 7) is 2.25. The molecule has 0 atom stereocenters. The summed E-state index contributed by atoms with van der Waals surface area (Å²) in [6.07, 6.45) is 1.26. The number of amides is 2. The summed E-state index contributed by atoms with van der Waals surface area (Å²) < 4.78 is 4.68. The van der Waals surface area contributed by atoms with Crippen molar-refractivity contribution in [2.75, 3.05) is 23.9 Å². The zero-order chi connectivity index (χ0) is 20.8. The molecule has 2 N–H and O–H groups in total. The van der Waals surface area contributed by atoms with Crippen LogP contribution in [-0.2, 0) is 25.7 Å². The number of benzene rings is 2. The van der Waals surface area contributed by atoms with Crippen molar-refractivity contribution in [3.05, 3.63) is 71.4 Å². The van der Waals surface area contributed by atoms with E-state index >= 15 is 0 Å². The Labute approximate surface area is 169 Å². The zero-order valence-corrected chi connectivity index (χ0v) is 16.4. The molecule has 0 spiro atoms. The minimum atomic E-state index is -0.460. The van der Waals surface area contributed by atoms with Crippen molar-refractivity contribution < 1.29 is 19.1 Å². The molecule has 3 rings (SSSR count). The van der Waals surface area contributed by atoms with E-state index in [0.717, 1.165) is 11.1 Å². The molecule has 1 heterocycles. The van der Waals surface area contributed by atoms with Crippen LogP contribution in [0.4, 0.5) is 11.4 Å². The third kappa shape index (κ3) is 5.22. The Hall–Kier alpha value is -3.61. The Bertz CT molecular complexity index is 951. The van der Waals surface area contributed by atoms with Crippen LogP contribution in [0.15, 0.2) is 60.3 Å². The molecule has 0 aromatic heterocycles. The Balaban J connectivity index is 1.74. The van der Waals surface area contributed by atoms with E-state index in [1.165, 1.54) is 18.1 Å². The number of hydrogen-bond acceptors (Lipinski definition) is 5. The lowest BCUT2D eigenvalue weighted by molar-refractivity contribution is -0.139. The molecule has 7 heteroatoms. The normalized spacial score (nSPS) is 13.0. The summed E-state index contributed by atoms with van der Waals surface area (Å²) in [7, 11) is 1.29. The second-order valence-electron chi connectivity index (χ2n) is 6.75. The van der Waals surface area contributed by atoms with Gasteiger partial charge in [-0.1, -0.05) is 42.0 Å². The SMILES string of the molecule is COC(=O)CC1=CC(=O)N(CC(=O)NCc2ccc(C)cc2)c2ccccc2N1. The van der Waals surface area contributed by atoms with E-state index in [0.29, 0.717) is 23.6 Å². The Kier molecular flexibility index (Phi) is 6.29. The lowest BCUT2D eigenvalue weighted by atomic mass is 10.1. The Morgan fingerprint density at radius 1 is 1.10 bits per heavy atom. The molecule has 0 saturated carbocycles. The quantitative estimate of drug-likeness (QED) is 0.737. The van der Waals surface area contributed by atoms with E-state index in [4.69, 9.17) is 0 Å². The van der Waals surface area contributed by atoms with Crippen LogP contribution in [0.25, 0.3) is 0 Å². The van der Waals surface area contributed by atoms with Crippen LogP contribution >= 0.6 is 0 Å². The predicted molar refractivity (Wildman–Crippen MR) is 110 cm³/mol. The maximum Gasteiger partial charge on any atom is 0.311 e. The molecular weight excluding hydrogens is 370 g/mol. The molecule has 7 nitrogen and oxygen atoms in total. The molecule has 0 saturated heterocycles. The number of ether oxygens (including phenoxy) is 1. The van der Waals surface area contributed by atoms with Crippen molar-refractivity contribution in [2.24, 2.45) is 0 Å². The second-order valence-corrected chi connectivity index (χ2v) is 6.75. The van der Waals surface area contributed by atoms with Crippen molar-refractivity contribution in [1.29, 1.82) is 0 Å². The number of carbonyl (C=O) groups excluding carboxylic acids is 3. The number of hydrogen-bond donors (Lipinski definition) is 2. The van der Waals surface area contributed by atoms with Crippen molar-refractivity contribution in [2.45, 2.75) is 19.9 Å². The molecule has 0 unspecified atom stereocenters. The molecule has 0 aliphatic carbocycles. The topological polar surface area (TPSA) is 87.7 Å². The third-order valence-electron chi connectivity index (χ3n) is 4.53. The van der Waals surface area contributed by atoms with Gasteiger partial charge in [-0.15, -0.1) is 0 Å². The highest BCUT2D eigenvalue weighted by Crippen LogP contribution is 2.30. The number of rotatable bonds is 6. The number of nitrogens with zero attached hydrogens (tertiary/aromatic N) is 1. The highest BCUT2D eigenvalue weighted by Gasteiger charge is 2.24. The number of nitrogens with one attached hydrogen (secondary N) is 2. The first-order chi connectivity index (χ1) is 14.0. The second kappa shape index (κ2) is 9.05. The summed E-state index contributed by atoms with van der Waals surface area (Å²) in [6, 6.07) is 15.0. The van der Waals surface area contributed by atoms with Gasteiger partial charge in [0.05, 0.1) is 24.9 Å². The van der Waals surface area contributed by atoms with Gasteiger partial charge in [0.25, 0.3) is 5.91 Å². The van der Waals surface area contributed by atoms with Gasteiger partial charge in [0.15, 0.2) is 0 Å². The number of anilines is 2. The van der Waals surface area contributed by atoms with Crippen molar-refractivity contribution in [1.82, 2.24) is 5.32 Å². The van der Waals surface area contributed by atoms with E-state index in [2.05, 4.69) is 15.4 Å². The third-order valence-corrected chi connectivity index (χ3v) is 4.53. The van der Waals surface area contributed by atoms with Crippen LogP contribution in [0.2, 0.25) is 0 Å². The van der Waals surface area contributed by atoms with E-state index in [9.17, 15) is 14.4 Å². The highest BCUT2D eigenvalue weighted by molar-refractivity contribution is 6.09. The Morgan fingerprint density at radius 3 is 2.55 bits per heavy atom. The molecule has 2 aromatic rings. The summed E-state index contributed by atoms with van der Waals surface area (Å²) >= 11 is 0. The summed E-state index contributed by atoms with van der Waals surface area (Å²) in [5.41, 5.74) is 3.75. The molecule has 0 radical (unpaired) electrons. The van der Waals surface area contributed by atoms with Gasteiger partial charge in [0.2, 0.25) is 5.91 Å². The lowest BCUT2D eigenvalue weighted by Gasteiger charge is -2.21. The van der Waals surface area contributed by atoms with Crippen LogP contribution in [0.1, 0.15) is 17.5 Å². The number of fused-ring (bicyclic) bond motifs is 1. The fourth-order valence-corrected chi connectivity index (χ4v) is 2.96. The maximum atomic E-state index is 12.8. The number of methoxy groups -OCH3 is 1. The van der Waals surface area contributed by atoms with Crippen LogP contribution in [0.5, 0.6) is 0 Å². The molecule has 0 bridgehead atoms. The smallest absolute Gasteiger partial charge is 0.311 e. The first-order valence-electron chi connectivity index (χ1n) is 9.23. The van der Waals surface area contributed by atoms with E-state index in [-0.39, 0.29) is 24.8 Å². The molecular formula is C22H23N3O4. The average molecular weight is 393 g/mol. The fourth-order valence-electron chi connectivity index (χ4n) is 2.96. The van der Waals surface area contributed by atoms with Gasteiger partial charge < -0.3 is 15.4 Å². The van der Waals surface area contributed by atoms with Gasteiger partial charge in [0, 0.05) is 18.3 Å². The van der Waals surface area contributed by atoms with Gasteiger partial charge in [-0.05, 0) is 24.6 Å². The van der Waals surface area contributed by atoms with E-state index in [1.807, 2.05) is 37.3 Å². The molecule has 1 aliphatic heterocycles. The standard InChI is InChI=1S/C22H23N3O4/c1-15-7-9-16(10-8-15)13-23-20(26)14-25-19-6-4-3-5-18(19)24-17(11-21(25)27)12-22(28)29-2/h3-11,24H,12-14H2,1-2H3,(H,23,26). The number of carbonyl (C=O) groups is 3. The highest BCUT2D eigenvalue weighted by atomic mass is 16.5. The van der Waals surface area contributed by atoms with E-state index in [1.54, 1.807) is 18.2 Å². The van der Waals surface area contributed by atoms with Crippen molar-refractivity contribution >= 4 is 29.2 Å². The first-order valence-corrected chi connectivity index (χ1v) is 9.23. The van der Waals surface area contributed by atoms with Crippen LogP contribution in [-0.4, -0.2) is 31.4 Å². The predicted octanol–water partition coefficient (Wildman–Crippen LogP) is 2.52. The molecule has 0 fully saturated rings. The molecule has 1 aliphatic rings. The van der Waals surface area contributed by atoms with Crippen LogP contribution in [0.3, 0.4) is 0 Å². The van der Waals surface area contributed by atoms with Gasteiger partial charge in [0.1, 0.15) is 6.54 Å². The van der Waals surface area contributed by atoms with Gasteiger partial charge >= 0.3 is 5.97 Å². The summed E-state index contributed by atoms with van der Waals surface area (Å²) in [4.78, 5) is 38.3. The van der Waals surface area contributed by atoms with Crippen LogP contribution in [0, 0.1) is 6.92 Å². The van der Waals surface area contributed by atoms with Crippen molar-refractivity contribution in [3.63, 3.8) is 0 Å². The maximum absolute atomic E-state index is 12.8. The minimum absolute atomic E-state index is 0.0654. The molecule has 150 valence electrons. The summed E-state index contributed by atoms with van der Waals surface area (Å²) in [5.74, 6) is -1.12. The lowest BCUT2D eigenvalue weighted by Crippen LogP contribution is -2.39. The van der Waals surface area contributed by atoms with Crippen LogP contribution < -0.4 is 15.5 Å². The number of aryl methyl sites for hydroxylation is 1. The van der Waals surface area contributed by atoms with Crippen molar-refractivity contribution in [3.8, 4) is 0 Å². The largest absolute Gasteiger partial charge is 0.469 e. The van der Waals surface area contributed by atoms with Gasteiger partial charge in [-0.25, -0.2) is 0 Å². The van der Waals surface area contributed by atoms with Gasteiger partial charge in [-0.2, -0.15) is 0 Å². The molecule has 2 amide bonds. The molecule has 2 aromatic carbocycles. The minimum Gasteiger partial charge on any atom is -0.469 e. The van der Waals surface area contributed by atoms with E-state index < -0.39 is 5.97 Å². The van der Waals surface area contributed by atoms with Gasteiger partial charge in [-0.3, -0.25) is 19.3 Å². The molecule has 29 heavy (non-hydrogen) atoms.